The summed E-state index contributed by atoms with van der Waals surface area (Å²) < 4.78 is 0. The van der Waals surface area contributed by atoms with Crippen LogP contribution in [0.25, 0.3) is 0 Å². The Kier molecular flexibility index (Phi) is 2.29. The van der Waals surface area contributed by atoms with Gasteiger partial charge in [-0.2, -0.15) is 0 Å². The zero-order chi connectivity index (χ0) is 12.2. The number of carbonyl (C=O) groups excluding carboxylic acids is 1. The van der Waals surface area contributed by atoms with Gasteiger partial charge in [0.25, 0.3) is 5.91 Å². The van der Waals surface area contributed by atoms with Crippen LogP contribution in [-0.4, -0.2) is 17.4 Å². The average molecular weight is 229 g/mol. The van der Waals surface area contributed by atoms with E-state index in [-0.39, 0.29) is 5.91 Å². The second-order valence-electron chi connectivity index (χ2n) is 5.65. The normalized spacial score (nSPS) is 35.6. The molecule has 1 aliphatic heterocycles. The van der Waals surface area contributed by atoms with Crippen LogP contribution in [0.5, 0.6) is 0 Å². The van der Waals surface area contributed by atoms with Crippen molar-refractivity contribution in [1.82, 2.24) is 4.90 Å². The van der Waals surface area contributed by atoms with Gasteiger partial charge in [-0.3, -0.25) is 4.79 Å². The minimum absolute atomic E-state index is 0.166. The van der Waals surface area contributed by atoms with Crippen LogP contribution in [0.15, 0.2) is 35.6 Å². The molecule has 1 fully saturated rings. The third-order valence-corrected chi connectivity index (χ3v) is 4.72. The molecule has 17 heavy (non-hydrogen) atoms. The van der Waals surface area contributed by atoms with Gasteiger partial charge in [0.2, 0.25) is 0 Å². The minimum Gasteiger partial charge on any atom is -0.309 e. The van der Waals surface area contributed by atoms with E-state index in [0.717, 1.165) is 29.3 Å². The van der Waals surface area contributed by atoms with E-state index < -0.39 is 0 Å². The van der Waals surface area contributed by atoms with Gasteiger partial charge in [0.05, 0.1) is 0 Å². The molecule has 0 aromatic rings. The highest BCUT2D eigenvalue weighted by Gasteiger charge is 2.39. The first-order chi connectivity index (χ1) is 8.08. The summed E-state index contributed by atoms with van der Waals surface area (Å²) in [6.07, 6.45) is 7.23. The zero-order valence-electron chi connectivity index (χ0n) is 10.6. The molecule has 0 N–H and O–H groups in total. The van der Waals surface area contributed by atoms with Crippen molar-refractivity contribution in [2.45, 2.75) is 26.7 Å². The second kappa shape index (κ2) is 3.59. The van der Waals surface area contributed by atoms with Crippen molar-refractivity contribution in [3.63, 3.8) is 0 Å². The van der Waals surface area contributed by atoms with Crippen LogP contribution in [0.3, 0.4) is 0 Å². The maximum Gasteiger partial charge on any atom is 0.254 e. The van der Waals surface area contributed by atoms with E-state index in [1.807, 2.05) is 18.7 Å². The number of rotatable bonds is 2. The monoisotopic (exact) mass is 229 g/mol. The van der Waals surface area contributed by atoms with Crippen molar-refractivity contribution in [2.75, 3.05) is 6.54 Å². The summed E-state index contributed by atoms with van der Waals surface area (Å²) in [5.74, 6) is 2.27. The number of allylic oxidation sites excluding steroid dienone is 3. The van der Waals surface area contributed by atoms with E-state index in [9.17, 15) is 4.79 Å². The van der Waals surface area contributed by atoms with Gasteiger partial charge in [-0.1, -0.05) is 18.7 Å². The van der Waals surface area contributed by atoms with Gasteiger partial charge in [-0.25, -0.2) is 0 Å². The van der Waals surface area contributed by atoms with Gasteiger partial charge >= 0.3 is 0 Å². The first-order valence-electron chi connectivity index (χ1n) is 6.45. The van der Waals surface area contributed by atoms with Gasteiger partial charge in [0, 0.05) is 17.8 Å². The fourth-order valence-corrected chi connectivity index (χ4v) is 3.44. The Labute approximate surface area is 103 Å². The number of carbonyl (C=O) groups is 1. The first-order valence-corrected chi connectivity index (χ1v) is 6.45. The van der Waals surface area contributed by atoms with E-state index in [1.54, 1.807) is 0 Å². The fourth-order valence-electron chi connectivity index (χ4n) is 3.44. The zero-order valence-corrected chi connectivity index (χ0v) is 10.6. The second-order valence-corrected chi connectivity index (χ2v) is 5.65. The summed E-state index contributed by atoms with van der Waals surface area (Å²) >= 11 is 0. The molecule has 2 nitrogen and oxygen atoms in total. The third-order valence-electron chi connectivity index (χ3n) is 4.72. The molecule has 0 spiro atoms. The Morgan fingerprint density at radius 1 is 1.29 bits per heavy atom. The molecule has 1 amide bonds. The molecule has 0 aromatic heterocycles. The van der Waals surface area contributed by atoms with Crippen molar-refractivity contribution in [3.8, 4) is 0 Å². The average Bonchev–Trinajstić information content (AvgIpc) is 2.97. The molecular formula is C15H19NO. The lowest BCUT2D eigenvalue weighted by Crippen LogP contribution is -2.32. The molecule has 0 saturated heterocycles. The topological polar surface area (TPSA) is 20.3 Å². The van der Waals surface area contributed by atoms with E-state index in [1.165, 1.54) is 12.8 Å². The largest absolute Gasteiger partial charge is 0.309 e. The molecule has 0 aromatic carbocycles. The number of fused-ring (bicyclic) bond motifs is 2. The van der Waals surface area contributed by atoms with Gasteiger partial charge in [0.15, 0.2) is 0 Å². The van der Waals surface area contributed by atoms with Crippen molar-refractivity contribution >= 4 is 5.91 Å². The predicted octanol–water partition coefficient (Wildman–Crippen LogP) is 2.89. The highest BCUT2D eigenvalue weighted by atomic mass is 16.2. The van der Waals surface area contributed by atoms with Gasteiger partial charge in [0.1, 0.15) is 0 Å². The summed E-state index contributed by atoms with van der Waals surface area (Å²) in [6, 6.07) is 0. The van der Waals surface area contributed by atoms with Crippen LogP contribution >= 0.6 is 0 Å². The van der Waals surface area contributed by atoms with Crippen LogP contribution in [0, 0.1) is 17.8 Å². The number of amides is 1. The molecule has 1 heterocycles. The Bertz CT molecular complexity index is 434. The lowest BCUT2D eigenvalue weighted by atomic mass is 9.93. The van der Waals surface area contributed by atoms with Crippen LogP contribution in [-0.2, 0) is 4.79 Å². The Hall–Kier alpha value is -1.31. The number of hydrogen-bond donors (Lipinski definition) is 0. The Morgan fingerprint density at radius 3 is 2.53 bits per heavy atom. The van der Waals surface area contributed by atoms with E-state index >= 15 is 0 Å². The fraction of sp³-hybridized carbons (Fsp3) is 0.533. The molecule has 3 atom stereocenters. The summed E-state index contributed by atoms with van der Waals surface area (Å²) in [5, 5.41) is 0. The molecule has 0 radical (unpaired) electrons. The highest BCUT2D eigenvalue weighted by Crippen LogP contribution is 2.44. The highest BCUT2D eigenvalue weighted by molar-refractivity contribution is 5.99. The van der Waals surface area contributed by atoms with Gasteiger partial charge in [-0.05, 0) is 50.0 Å². The van der Waals surface area contributed by atoms with Crippen LogP contribution in [0.2, 0.25) is 0 Å². The van der Waals surface area contributed by atoms with Gasteiger partial charge < -0.3 is 4.90 Å². The Balaban J connectivity index is 1.74. The predicted molar refractivity (Wildman–Crippen MR) is 68.1 cm³/mol. The standard InChI is InChI=1S/C15H19NO/c1-9-10(2)15(17)16(11(9)3)8-14-7-12-4-5-13(14)6-12/h4-5,12-14H,3,6-8H2,1-2H3. The molecule has 2 aliphatic carbocycles. The van der Waals surface area contributed by atoms with Crippen LogP contribution < -0.4 is 0 Å². The van der Waals surface area contributed by atoms with Crippen molar-refractivity contribution in [3.05, 3.63) is 35.6 Å². The van der Waals surface area contributed by atoms with E-state index in [4.69, 9.17) is 0 Å². The molecule has 3 rings (SSSR count). The van der Waals surface area contributed by atoms with Crippen molar-refractivity contribution in [2.24, 2.45) is 17.8 Å². The SMILES string of the molecule is C=C1C(C)=C(C)C(=O)N1CC1CC2C=CC1C2. The summed E-state index contributed by atoms with van der Waals surface area (Å²) in [5.41, 5.74) is 2.85. The van der Waals surface area contributed by atoms with Crippen LogP contribution in [0.1, 0.15) is 26.7 Å². The van der Waals surface area contributed by atoms with Gasteiger partial charge in [-0.15, -0.1) is 0 Å². The summed E-state index contributed by atoms with van der Waals surface area (Å²) in [6.45, 7) is 8.81. The van der Waals surface area contributed by atoms with Crippen LogP contribution in [0.4, 0.5) is 0 Å². The quantitative estimate of drug-likeness (QED) is 0.667. The lowest BCUT2D eigenvalue weighted by Gasteiger charge is -2.26. The first kappa shape index (κ1) is 10.8. The molecule has 3 unspecified atom stereocenters. The summed E-state index contributed by atoms with van der Waals surface area (Å²) in [4.78, 5) is 14.0. The molecule has 90 valence electrons. The van der Waals surface area contributed by atoms with Crippen molar-refractivity contribution in [1.29, 1.82) is 0 Å². The van der Waals surface area contributed by atoms with Crippen molar-refractivity contribution < 1.29 is 4.79 Å². The third kappa shape index (κ3) is 1.50. The van der Waals surface area contributed by atoms with E-state index in [2.05, 4.69) is 18.7 Å². The summed E-state index contributed by atoms with van der Waals surface area (Å²) in [7, 11) is 0. The molecule has 2 heteroatoms. The minimum atomic E-state index is 0.166. The molecule has 3 aliphatic rings. The number of nitrogens with zero attached hydrogens (tertiary/aromatic N) is 1. The lowest BCUT2D eigenvalue weighted by molar-refractivity contribution is -0.124. The Morgan fingerprint density at radius 2 is 2.06 bits per heavy atom. The van der Waals surface area contributed by atoms with E-state index in [0.29, 0.717) is 11.8 Å². The maximum absolute atomic E-state index is 12.1. The maximum atomic E-state index is 12.1. The molecule has 2 bridgehead atoms. The molecule has 1 saturated carbocycles. The molecular weight excluding hydrogens is 210 g/mol. The number of hydrogen-bond acceptors (Lipinski definition) is 1. The smallest absolute Gasteiger partial charge is 0.254 e.